The van der Waals surface area contributed by atoms with Crippen molar-refractivity contribution in [3.8, 4) is 0 Å². The second-order valence-electron chi connectivity index (χ2n) is 4.48. The first kappa shape index (κ1) is 14.0. The van der Waals surface area contributed by atoms with Crippen LogP contribution in [0.2, 0.25) is 0 Å². The van der Waals surface area contributed by atoms with Crippen molar-refractivity contribution in [3.63, 3.8) is 0 Å². The molecular weight excluding hydrogens is 267 g/mol. The zero-order chi connectivity index (χ0) is 14.7. The molecule has 7 heteroatoms. The second-order valence-corrected chi connectivity index (χ2v) is 4.48. The van der Waals surface area contributed by atoms with Gasteiger partial charge in [0, 0.05) is 18.5 Å². The van der Waals surface area contributed by atoms with Crippen LogP contribution in [0, 0.1) is 5.82 Å². The summed E-state index contributed by atoms with van der Waals surface area (Å²) in [6, 6.07) is 2.61. The number of carboxylic acids is 1. The summed E-state index contributed by atoms with van der Waals surface area (Å²) in [4.78, 5) is 33.1. The lowest BCUT2D eigenvalue weighted by Crippen LogP contribution is -2.20. The van der Waals surface area contributed by atoms with Gasteiger partial charge in [0.15, 0.2) is 0 Å². The van der Waals surface area contributed by atoms with Crippen LogP contribution < -0.4 is 10.6 Å². The van der Waals surface area contributed by atoms with Crippen LogP contribution >= 0.6 is 0 Å². The number of rotatable bonds is 4. The molecule has 0 fully saturated rings. The molecule has 0 spiro atoms. The molecular formula is C13H13FN2O4. The highest BCUT2D eigenvalue weighted by Crippen LogP contribution is 2.28. The Morgan fingerprint density at radius 2 is 2.05 bits per heavy atom. The predicted molar refractivity (Wildman–Crippen MR) is 68.9 cm³/mol. The Morgan fingerprint density at radius 1 is 1.30 bits per heavy atom. The van der Waals surface area contributed by atoms with Gasteiger partial charge in [0.25, 0.3) is 0 Å². The van der Waals surface area contributed by atoms with Gasteiger partial charge in [0.1, 0.15) is 5.82 Å². The number of carboxylic acid groups (broad SMARTS) is 1. The molecule has 2 rings (SSSR count). The molecule has 0 saturated carbocycles. The minimum Gasteiger partial charge on any atom is -0.481 e. The number of amides is 2. The van der Waals surface area contributed by atoms with E-state index < -0.39 is 17.7 Å². The first-order chi connectivity index (χ1) is 9.45. The maximum Gasteiger partial charge on any atom is 0.303 e. The number of halogens is 1. The number of aryl methyl sites for hydroxylation is 1. The monoisotopic (exact) mass is 280 g/mol. The van der Waals surface area contributed by atoms with Crippen LogP contribution in [0.1, 0.15) is 24.8 Å². The van der Waals surface area contributed by atoms with Gasteiger partial charge < -0.3 is 15.7 Å². The smallest absolute Gasteiger partial charge is 0.303 e. The van der Waals surface area contributed by atoms with Gasteiger partial charge >= 0.3 is 5.97 Å². The molecule has 6 nitrogen and oxygen atoms in total. The van der Waals surface area contributed by atoms with E-state index >= 15 is 0 Å². The van der Waals surface area contributed by atoms with Crippen molar-refractivity contribution >= 4 is 29.2 Å². The van der Waals surface area contributed by atoms with E-state index in [0.29, 0.717) is 24.1 Å². The van der Waals surface area contributed by atoms with Crippen molar-refractivity contribution in [3.05, 3.63) is 23.5 Å². The third kappa shape index (κ3) is 3.31. The quantitative estimate of drug-likeness (QED) is 0.779. The fourth-order valence-corrected chi connectivity index (χ4v) is 1.93. The molecule has 3 N–H and O–H groups in total. The molecule has 0 aliphatic carbocycles. The number of hydrogen-bond acceptors (Lipinski definition) is 3. The first-order valence-corrected chi connectivity index (χ1v) is 6.09. The second kappa shape index (κ2) is 5.68. The Labute approximate surface area is 114 Å². The SMILES string of the molecule is O=C(O)CCC(=O)Nc1cc2c(cc1F)CCC(=O)N2. The van der Waals surface area contributed by atoms with Gasteiger partial charge in [-0.3, -0.25) is 14.4 Å². The lowest BCUT2D eigenvalue weighted by molar-refractivity contribution is -0.138. The zero-order valence-corrected chi connectivity index (χ0v) is 10.5. The van der Waals surface area contributed by atoms with Gasteiger partial charge in [-0.25, -0.2) is 4.39 Å². The molecule has 106 valence electrons. The highest BCUT2D eigenvalue weighted by Gasteiger charge is 2.18. The lowest BCUT2D eigenvalue weighted by Gasteiger charge is -2.18. The maximum atomic E-state index is 13.8. The van der Waals surface area contributed by atoms with Crippen LogP contribution in [0.15, 0.2) is 12.1 Å². The third-order valence-corrected chi connectivity index (χ3v) is 2.93. The molecule has 0 bridgehead atoms. The van der Waals surface area contributed by atoms with Crippen molar-refractivity contribution in [2.75, 3.05) is 10.6 Å². The molecule has 0 aromatic heterocycles. The standard InChI is InChI=1S/C13H13FN2O4/c14-8-5-7-1-2-11(17)15-9(7)6-10(8)16-12(18)3-4-13(19)20/h5-6H,1-4H2,(H,15,17)(H,16,18)(H,19,20). The summed E-state index contributed by atoms with van der Waals surface area (Å²) in [5.74, 6) is -2.46. The number of benzene rings is 1. The van der Waals surface area contributed by atoms with Crippen molar-refractivity contribution < 1.29 is 23.9 Å². The summed E-state index contributed by atoms with van der Waals surface area (Å²) in [6.07, 6.45) is 0.190. The molecule has 2 amide bonds. The van der Waals surface area contributed by atoms with Crippen LogP contribution in [0.4, 0.5) is 15.8 Å². The predicted octanol–water partition coefficient (Wildman–Crippen LogP) is 1.51. The fraction of sp³-hybridized carbons (Fsp3) is 0.308. The Morgan fingerprint density at radius 3 is 2.75 bits per heavy atom. The van der Waals surface area contributed by atoms with E-state index in [9.17, 15) is 18.8 Å². The summed E-state index contributed by atoms with van der Waals surface area (Å²) in [6.45, 7) is 0. The molecule has 1 aromatic rings. The highest BCUT2D eigenvalue weighted by atomic mass is 19.1. The Kier molecular flexibility index (Phi) is 3.97. The van der Waals surface area contributed by atoms with Crippen LogP contribution in [0.3, 0.4) is 0 Å². The molecule has 20 heavy (non-hydrogen) atoms. The molecule has 1 aliphatic heterocycles. The fourth-order valence-electron chi connectivity index (χ4n) is 1.93. The van der Waals surface area contributed by atoms with Crippen molar-refractivity contribution in [2.45, 2.75) is 25.7 Å². The van der Waals surface area contributed by atoms with E-state index in [-0.39, 0.29) is 24.4 Å². The van der Waals surface area contributed by atoms with E-state index in [1.807, 2.05) is 0 Å². The largest absolute Gasteiger partial charge is 0.481 e. The molecule has 0 radical (unpaired) electrons. The van der Waals surface area contributed by atoms with E-state index in [2.05, 4.69) is 10.6 Å². The normalized spacial score (nSPS) is 13.3. The topological polar surface area (TPSA) is 95.5 Å². The Hall–Kier alpha value is -2.44. The van der Waals surface area contributed by atoms with Gasteiger partial charge in [-0.2, -0.15) is 0 Å². The molecule has 1 aliphatic rings. The van der Waals surface area contributed by atoms with Crippen molar-refractivity contribution in [1.82, 2.24) is 0 Å². The number of fused-ring (bicyclic) bond motifs is 1. The highest BCUT2D eigenvalue weighted by molar-refractivity contribution is 5.97. The Bertz CT molecular complexity index is 586. The van der Waals surface area contributed by atoms with Crippen molar-refractivity contribution in [2.24, 2.45) is 0 Å². The average Bonchev–Trinajstić information content (AvgIpc) is 2.38. The van der Waals surface area contributed by atoms with E-state index in [0.717, 1.165) is 0 Å². The Balaban J connectivity index is 2.12. The molecule has 1 heterocycles. The minimum atomic E-state index is -1.10. The average molecular weight is 280 g/mol. The summed E-state index contributed by atoms with van der Waals surface area (Å²) >= 11 is 0. The van der Waals surface area contributed by atoms with Gasteiger partial charge in [0.05, 0.1) is 12.1 Å². The summed E-state index contributed by atoms with van der Waals surface area (Å²) in [5, 5.41) is 13.4. The molecule has 0 unspecified atom stereocenters. The number of carbonyl (C=O) groups is 3. The number of aliphatic carboxylic acids is 1. The zero-order valence-electron chi connectivity index (χ0n) is 10.5. The number of nitrogens with one attached hydrogen (secondary N) is 2. The minimum absolute atomic E-state index is 0.0682. The van der Waals surface area contributed by atoms with Gasteiger partial charge in [-0.15, -0.1) is 0 Å². The van der Waals surface area contributed by atoms with E-state index in [1.165, 1.54) is 12.1 Å². The summed E-state index contributed by atoms with van der Waals surface area (Å²) in [5.41, 5.74) is 1.07. The van der Waals surface area contributed by atoms with E-state index in [4.69, 9.17) is 5.11 Å². The van der Waals surface area contributed by atoms with Crippen LogP contribution in [0.25, 0.3) is 0 Å². The van der Waals surface area contributed by atoms with Gasteiger partial charge in [0.2, 0.25) is 11.8 Å². The summed E-state index contributed by atoms with van der Waals surface area (Å²) < 4.78 is 13.8. The van der Waals surface area contributed by atoms with Crippen molar-refractivity contribution in [1.29, 1.82) is 0 Å². The van der Waals surface area contributed by atoms with Crippen LogP contribution in [-0.4, -0.2) is 22.9 Å². The van der Waals surface area contributed by atoms with E-state index in [1.54, 1.807) is 0 Å². The first-order valence-electron chi connectivity index (χ1n) is 6.09. The van der Waals surface area contributed by atoms with Crippen LogP contribution in [-0.2, 0) is 20.8 Å². The number of carbonyl (C=O) groups excluding carboxylic acids is 2. The maximum absolute atomic E-state index is 13.8. The number of hydrogen-bond donors (Lipinski definition) is 3. The van der Waals surface area contributed by atoms with Gasteiger partial charge in [-0.05, 0) is 24.1 Å². The number of anilines is 2. The van der Waals surface area contributed by atoms with Gasteiger partial charge in [-0.1, -0.05) is 0 Å². The molecule has 0 atom stereocenters. The lowest BCUT2D eigenvalue weighted by atomic mass is 10.0. The molecule has 1 aromatic carbocycles. The third-order valence-electron chi connectivity index (χ3n) is 2.93. The summed E-state index contributed by atoms with van der Waals surface area (Å²) in [7, 11) is 0. The van der Waals surface area contributed by atoms with Crippen LogP contribution in [0.5, 0.6) is 0 Å². The molecule has 0 saturated heterocycles.